The van der Waals surface area contributed by atoms with Crippen LogP contribution in [0.1, 0.15) is 28.6 Å². The van der Waals surface area contributed by atoms with Crippen LogP contribution >= 0.6 is 0 Å². The van der Waals surface area contributed by atoms with Gasteiger partial charge in [-0.1, -0.05) is 18.2 Å². The number of carboxylic acids is 1. The second-order valence-corrected chi connectivity index (χ2v) is 6.32. The highest BCUT2D eigenvalue weighted by Gasteiger charge is 2.32. The summed E-state index contributed by atoms with van der Waals surface area (Å²) in [5.74, 6) is -2.21. The average Bonchev–Trinajstić information content (AvgIpc) is 3.18. The van der Waals surface area contributed by atoms with Gasteiger partial charge in [-0.15, -0.1) is 0 Å². The van der Waals surface area contributed by atoms with E-state index in [2.05, 4.69) is 5.32 Å². The Morgan fingerprint density at radius 1 is 1.31 bits per heavy atom. The van der Waals surface area contributed by atoms with Gasteiger partial charge in [-0.2, -0.15) is 0 Å². The van der Waals surface area contributed by atoms with Gasteiger partial charge in [0.1, 0.15) is 0 Å². The molecule has 0 spiro atoms. The number of aliphatic carboxylic acids is 1. The number of hydrogen-bond donors (Lipinski definition) is 3. The van der Waals surface area contributed by atoms with E-state index in [0.29, 0.717) is 12.0 Å². The van der Waals surface area contributed by atoms with Gasteiger partial charge in [0.05, 0.1) is 25.8 Å². The molecule has 2 heterocycles. The Hall–Kier alpha value is -3.13. The summed E-state index contributed by atoms with van der Waals surface area (Å²) in [4.78, 5) is 37.0. The molecule has 1 unspecified atom stereocenters. The maximum Gasteiger partial charge on any atom is 0.337 e. The standard InChI is InChI=1S/C18H18N2O6/c1-18(25,17(23)24)10-19-16(22)15-12(6-7-26-15)9-20-13-5-3-2-4-11(13)8-14(20)21/h2-7,25H,8-10H2,1H3,(H,19,22)(H,23,24). The van der Waals surface area contributed by atoms with Gasteiger partial charge in [-0.3, -0.25) is 9.59 Å². The van der Waals surface area contributed by atoms with Crippen molar-refractivity contribution in [2.75, 3.05) is 11.4 Å². The summed E-state index contributed by atoms with van der Waals surface area (Å²) in [5.41, 5.74) is 0.109. The van der Waals surface area contributed by atoms with Crippen LogP contribution in [0.25, 0.3) is 0 Å². The molecular weight excluding hydrogens is 340 g/mol. The molecule has 0 radical (unpaired) electrons. The van der Waals surface area contributed by atoms with E-state index in [0.717, 1.165) is 18.2 Å². The number of hydrogen-bond acceptors (Lipinski definition) is 5. The number of nitrogens with zero attached hydrogens (tertiary/aromatic N) is 1. The van der Waals surface area contributed by atoms with Crippen molar-refractivity contribution in [3.05, 3.63) is 53.5 Å². The van der Waals surface area contributed by atoms with E-state index in [1.807, 2.05) is 24.3 Å². The third-order valence-electron chi connectivity index (χ3n) is 4.26. The molecule has 26 heavy (non-hydrogen) atoms. The summed E-state index contributed by atoms with van der Waals surface area (Å²) in [5, 5.41) is 20.9. The molecule has 2 amide bonds. The molecule has 0 fully saturated rings. The van der Waals surface area contributed by atoms with Crippen LogP contribution in [-0.4, -0.2) is 40.1 Å². The minimum atomic E-state index is -2.09. The molecule has 0 saturated carbocycles. The van der Waals surface area contributed by atoms with E-state index in [4.69, 9.17) is 9.52 Å². The highest BCUT2D eigenvalue weighted by atomic mass is 16.4. The Morgan fingerprint density at radius 2 is 2.04 bits per heavy atom. The highest BCUT2D eigenvalue weighted by Crippen LogP contribution is 2.30. The van der Waals surface area contributed by atoms with Crippen molar-refractivity contribution >= 4 is 23.5 Å². The largest absolute Gasteiger partial charge is 0.479 e. The van der Waals surface area contributed by atoms with Crippen molar-refractivity contribution in [1.29, 1.82) is 0 Å². The molecule has 1 aliphatic rings. The number of aliphatic hydroxyl groups is 1. The minimum Gasteiger partial charge on any atom is -0.479 e. The van der Waals surface area contributed by atoms with E-state index in [9.17, 15) is 19.5 Å². The van der Waals surface area contributed by atoms with Crippen molar-refractivity contribution < 1.29 is 29.0 Å². The predicted octanol–water partition coefficient (Wildman–Crippen LogP) is 0.934. The van der Waals surface area contributed by atoms with Crippen LogP contribution in [0.4, 0.5) is 5.69 Å². The lowest BCUT2D eigenvalue weighted by molar-refractivity contribution is -0.155. The molecule has 0 aliphatic carbocycles. The molecule has 8 nitrogen and oxygen atoms in total. The molecule has 1 aliphatic heterocycles. The SMILES string of the molecule is CC(O)(CNC(=O)c1occc1CN1C(=O)Cc2ccccc21)C(=O)O. The van der Waals surface area contributed by atoms with E-state index < -0.39 is 24.0 Å². The molecule has 3 rings (SSSR count). The summed E-state index contributed by atoms with van der Waals surface area (Å²) in [6.45, 7) is 0.760. The highest BCUT2D eigenvalue weighted by molar-refractivity contribution is 6.01. The van der Waals surface area contributed by atoms with Crippen molar-refractivity contribution in [1.82, 2.24) is 5.32 Å². The molecule has 1 aromatic heterocycles. The van der Waals surface area contributed by atoms with E-state index in [-0.39, 0.29) is 18.2 Å². The molecule has 0 saturated heterocycles. The van der Waals surface area contributed by atoms with Crippen molar-refractivity contribution in [3.63, 3.8) is 0 Å². The Balaban J connectivity index is 1.74. The zero-order chi connectivity index (χ0) is 18.9. The van der Waals surface area contributed by atoms with Crippen molar-refractivity contribution in [2.45, 2.75) is 25.5 Å². The van der Waals surface area contributed by atoms with Crippen molar-refractivity contribution in [2.24, 2.45) is 0 Å². The molecule has 0 bridgehead atoms. The molecule has 1 atom stereocenters. The zero-order valence-electron chi connectivity index (χ0n) is 14.1. The van der Waals surface area contributed by atoms with Crippen molar-refractivity contribution in [3.8, 4) is 0 Å². The Labute approximate surface area is 149 Å². The van der Waals surface area contributed by atoms with Gasteiger partial charge in [0.25, 0.3) is 5.91 Å². The fourth-order valence-corrected chi connectivity index (χ4v) is 2.73. The number of nitrogens with one attached hydrogen (secondary N) is 1. The van der Waals surface area contributed by atoms with Gasteiger partial charge < -0.3 is 24.8 Å². The first-order valence-electron chi connectivity index (χ1n) is 7.98. The van der Waals surface area contributed by atoms with E-state index in [1.54, 1.807) is 11.0 Å². The van der Waals surface area contributed by atoms with Gasteiger partial charge in [0, 0.05) is 11.3 Å². The number of rotatable bonds is 6. The first-order chi connectivity index (χ1) is 12.3. The molecule has 8 heteroatoms. The molecule has 136 valence electrons. The van der Waals surface area contributed by atoms with Crippen LogP contribution in [-0.2, 0) is 22.6 Å². The first kappa shape index (κ1) is 17.7. The lowest BCUT2D eigenvalue weighted by atomic mass is 10.1. The summed E-state index contributed by atoms with van der Waals surface area (Å²) in [6, 6.07) is 8.99. The van der Waals surface area contributed by atoms with Crippen LogP contribution in [0.5, 0.6) is 0 Å². The fraction of sp³-hybridized carbons (Fsp3) is 0.278. The summed E-state index contributed by atoms with van der Waals surface area (Å²) >= 11 is 0. The zero-order valence-corrected chi connectivity index (χ0v) is 14.1. The Kier molecular flexibility index (Phi) is 4.52. The number of fused-ring (bicyclic) bond motifs is 1. The van der Waals surface area contributed by atoms with E-state index >= 15 is 0 Å². The maximum atomic E-state index is 12.3. The average molecular weight is 358 g/mol. The molecule has 1 aromatic carbocycles. The number of benzene rings is 1. The van der Waals surface area contributed by atoms with Crippen LogP contribution in [0, 0.1) is 0 Å². The Morgan fingerprint density at radius 3 is 2.77 bits per heavy atom. The van der Waals surface area contributed by atoms with Gasteiger partial charge >= 0.3 is 5.97 Å². The van der Waals surface area contributed by atoms with Gasteiger partial charge in [-0.25, -0.2) is 4.79 Å². The topological polar surface area (TPSA) is 120 Å². The quantitative estimate of drug-likeness (QED) is 0.707. The number of anilines is 1. The first-order valence-corrected chi connectivity index (χ1v) is 7.98. The normalized spacial score (nSPS) is 15.5. The number of furan rings is 1. The number of para-hydroxylation sites is 1. The summed E-state index contributed by atoms with van der Waals surface area (Å²) in [7, 11) is 0. The van der Waals surface area contributed by atoms with Gasteiger partial charge in [0.15, 0.2) is 11.4 Å². The summed E-state index contributed by atoms with van der Waals surface area (Å²) in [6.07, 6.45) is 1.63. The predicted molar refractivity (Wildman–Crippen MR) is 90.6 cm³/mol. The van der Waals surface area contributed by atoms with Crippen LogP contribution in [0.15, 0.2) is 41.0 Å². The second kappa shape index (κ2) is 6.64. The molecule has 2 aromatic rings. The second-order valence-electron chi connectivity index (χ2n) is 6.32. The number of carbonyl (C=O) groups is 3. The Bertz CT molecular complexity index is 870. The van der Waals surface area contributed by atoms with Crippen LogP contribution < -0.4 is 10.2 Å². The third kappa shape index (κ3) is 3.31. The minimum absolute atomic E-state index is 0.0247. The fourth-order valence-electron chi connectivity index (χ4n) is 2.73. The monoisotopic (exact) mass is 358 g/mol. The van der Waals surface area contributed by atoms with Crippen LogP contribution in [0.2, 0.25) is 0 Å². The lowest BCUT2D eigenvalue weighted by Crippen LogP contribution is -2.46. The maximum absolute atomic E-state index is 12.3. The molecule has 3 N–H and O–H groups in total. The number of amides is 2. The lowest BCUT2D eigenvalue weighted by Gasteiger charge is -2.19. The molecular formula is C18H18N2O6. The van der Waals surface area contributed by atoms with Crippen LogP contribution in [0.3, 0.4) is 0 Å². The smallest absolute Gasteiger partial charge is 0.337 e. The van der Waals surface area contributed by atoms with E-state index in [1.165, 1.54) is 6.26 Å². The number of carbonyl (C=O) groups excluding carboxylic acids is 2. The summed E-state index contributed by atoms with van der Waals surface area (Å²) < 4.78 is 5.21. The van der Waals surface area contributed by atoms with Gasteiger partial charge in [-0.05, 0) is 24.6 Å². The third-order valence-corrected chi connectivity index (χ3v) is 4.26. The number of carboxylic acid groups (broad SMARTS) is 1. The van der Waals surface area contributed by atoms with Gasteiger partial charge in [0.2, 0.25) is 5.91 Å².